The zero-order valence-corrected chi connectivity index (χ0v) is 10.6. The number of rotatable bonds is 1. The van der Waals surface area contributed by atoms with Crippen LogP contribution in [0, 0.1) is 15.2 Å². The van der Waals surface area contributed by atoms with Gasteiger partial charge in [0.25, 0.3) is 0 Å². The molecule has 2 rings (SSSR count). The Morgan fingerprint density at radius 3 is 2.31 bits per heavy atom. The van der Waals surface area contributed by atoms with Crippen molar-refractivity contribution in [2.45, 2.75) is 0 Å². The summed E-state index contributed by atoms with van der Waals surface area (Å²) in [6.45, 7) is 0. The van der Waals surface area contributed by atoms with Crippen LogP contribution in [-0.2, 0) is 0 Å². The van der Waals surface area contributed by atoms with Crippen LogP contribution in [-0.4, -0.2) is 9.97 Å². The Labute approximate surface area is 109 Å². The lowest BCUT2D eigenvalue weighted by Crippen LogP contribution is -1.93. The monoisotopic (exact) mass is 352 g/mol. The third kappa shape index (κ3) is 2.46. The van der Waals surface area contributed by atoms with Gasteiger partial charge in [0, 0.05) is 17.8 Å². The first-order valence-corrected chi connectivity index (χ1v) is 5.66. The van der Waals surface area contributed by atoms with Crippen molar-refractivity contribution >= 4 is 34.2 Å². The van der Waals surface area contributed by atoms with E-state index in [1.165, 1.54) is 6.20 Å². The van der Waals surface area contributed by atoms with E-state index in [1.54, 1.807) is 0 Å². The minimum absolute atomic E-state index is 0.198. The van der Waals surface area contributed by atoms with Crippen LogP contribution in [0.15, 0.2) is 24.4 Å². The zero-order valence-electron chi connectivity index (χ0n) is 7.72. The number of hydrogen-bond acceptors (Lipinski definition) is 2. The fourth-order valence-electron chi connectivity index (χ4n) is 1.17. The molecule has 16 heavy (non-hydrogen) atoms. The third-order valence-corrected chi connectivity index (χ3v) is 3.22. The highest BCUT2D eigenvalue weighted by atomic mass is 127. The Morgan fingerprint density at radius 1 is 1.12 bits per heavy atom. The summed E-state index contributed by atoms with van der Waals surface area (Å²) in [6.07, 6.45) is 1.49. The van der Waals surface area contributed by atoms with Crippen LogP contribution in [0.25, 0.3) is 11.4 Å². The van der Waals surface area contributed by atoms with Crippen LogP contribution in [0.3, 0.4) is 0 Å². The standard InChI is InChI=1S/C10H4ClF2IN2/c11-9-8(14)4-15-10(16-9)5-1-6(12)3-7(13)2-5/h1-4H. The smallest absolute Gasteiger partial charge is 0.161 e. The summed E-state index contributed by atoms with van der Waals surface area (Å²) in [5.74, 6) is -1.15. The summed E-state index contributed by atoms with van der Waals surface area (Å²) in [4.78, 5) is 7.89. The van der Waals surface area contributed by atoms with Crippen molar-refractivity contribution in [1.29, 1.82) is 0 Å². The molecule has 6 heteroatoms. The Kier molecular flexibility index (Phi) is 3.34. The van der Waals surface area contributed by atoms with E-state index in [0.717, 1.165) is 18.2 Å². The largest absolute Gasteiger partial charge is 0.235 e. The van der Waals surface area contributed by atoms with Gasteiger partial charge in [-0.05, 0) is 34.7 Å². The number of hydrogen-bond donors (Lipinski definition) is 0. The van der Waals surface area contributed by atoms with Crippen molar-refractivity contribution in [3.05, 3.63) is 44.8 Å². The highest BCUT2D eigenvalue weighted by Gasteiger charge is 2.08. The van der Waals surface area contributed by atoms with Crippen LogP contribution < -0.4 is 0 Å². The van der Waals surface area contributed by atoms with E-state index in [0.29, 0.717) is 3.57 Å². The lowest BCUT2D eigenvalue weighted by Gasteiger charge is -2.02. The third-order valence-electron chi connectivity index (χ3n) is 1.82. The maximum Gasteiger partial charge on any atom is 0.161 e. The molecule has 0 unspecified atom stereocenters. The van der Waals surface area contributed by atoms with E-state index < -0.39 is 11.6 Å². The molecular formula is C10H4ClF2IN2. The minimum Gasteiger partial charge on any atom is -0.235 e. The second-order valence-corrected chi connectivity index (χ2v) is 4.51. The molecule has 1 aromatic heterocycles. The molecule has 0 atom stereocenters. The molecule has 0 fully saturated rings. The van der Waals surface area contributed by atoms with E-state index >= 15 is 0 Å². The van der Waals surface area contributed by atoms with Crippen molar-refractivity contribution < 1.29 is 8.78 Å². The Hall–Kier alpha value is -0.820. The molecule has 0 radical (unpaired) electrons. The molecule has 82 valence electrons. The molecule has 1 heterocycles. The Balaban J connectivity index is 2.54. The van der Waals surface area contributed by atoms with Gasteiger partial charge >= 0.3 is 0 Å². The van der Waals surface area contributed by atoms with E-state index in [1.807, 2.05) is 22.6 Å². The van der Waals surface area contributed by atoms with Crippen molar-refractivity contribution in [3.8, 4) is 11.4 Å². The van der Waals surface area contributed by atoms with Crippen LogP contribution in [0.4, 0.5) is 8.78 Å². The lowest BCUT2D eigenvalue weighted by molar-refractivity contribution is 0.584. The van der Waals surface area contributed by atoms with Crippen molar-refractivity contribution in [1.82, 2.24) is 9.97 Å². The quantitative estimate of drug-likeness (QED) is 0.578. The van der Waals surface area contributed by atoms with E-state index in [-0.39, 0.29) is 16.5 Å². The van der Waals surface area contributed by atoms with E-state index in [2.05, 4.69) is 9.97 Å². The number of halogens is 4. The molecule has 0 saturated heterocycles. The predicted molar refractivity (Wildman–Crippen MR) is 65.1 cm³/mol. The van der Waals surface area contributed by atoms with Crippen molar-refractivity contribution in [2.75, 3.05) is 0 Å². The number of benzene rings is 1. The molecule has 0 saturated carbocycles. The molecule has 0 aliphatic heterocycles. The zero-order chi connectivity index (χ0) is 11.7. The summed E-state index contributed by atoms with van der Waals surface area (Å²) in [5, 5.41) is 0.260. The maximum atomic E-state index is 13.0. The fraction of sp³-hybridized carbons (Fsp3) is 0. The van der Waals surface area contributed by atoms with Gasteiger partial charge in [-0.1, -0.05) is 11.6 Å². The van der Waals surface area contributed by atoms with Gasteiger partial charge in [-0.25, -0.2) is 18.7 Å². The highest BCUT2D eigenvalue weighted by Crippen LogP contribution is 2.21. The van der Waals surface area contributed by atoms with Gasteiger partial charge in [0.1, 0.15) is 16.8 Å². The summed E-state index contributed by atoms with van der Waals surface area (Å²) in [6, 6.07) is 3.10. The Morgan fingerprint density at radius 2 is 1.75 bits per heavy atom. The first kappa shape index (κ1) is 11.7. The second-order valence-electron chi connectivity index (χ2n) is 2.99. The van der Waals surface area contributed by atoms with Gasteiger partial charge in [-0.2, -0.15) is 0 Å². The topological polar surface area (TPSA) is 25.8 Å². The molecule has 0 N–H and O–H groups in total. The molecule has 0 bridgehead atoms. The van der Waals surface area contributed by atoms with Crippen LogP contribution in [0.2, 0.25) is 5.15 Å². The Bertz CT molecular complexity index is 528. The van der Waals surface area contributed by atoms with Gasteiger partial charge in [0.2, 0.25) is 0 Å². The maximum absolute atomic E-state index is 13.0. The van der Waals surface area contributed by atoms with Gasteiger partial charge in [0.15, 0.2) is 5.82 Å². The second kappa shape index (κ2) is 4.58. The molecule has 0 spiro atoms. The molecular weight excluding hydrogens is 348 g/mol. The van der Waals surface area contributed by atoms with Gasteiger partial charge < -0.3 is 0 Å². The van der Waals surface area contributed by atoms with Gasteiger partial charge in [-0.15, -0.1) is 0 Å². The highest BCUT2D eigenvalue weighted by molar-refractivity contribution is 14.1. The van der Waals surface area contributed by atoms with Crippen molar-refractivity contribution in [3.63, 3.8) is 0 Å². The first-order chi connectivity index (χ1) is 7.56. The summed E-state index contributed by atoms with van der Waals surface area (Å²) < 4.78 is 26.6. The van der Waals surface area contributed by atoms with E-state index in [9.17, 15) is 8.78 Å². The molecule has 0 amide bonds. The predicted octanol–water partition coefficient (Wildman–Crippen LogP) is 3.68. The first-order valence-electron chi connectivity index (χ1n) is 4.21. The fourth-order valence-corrected chi connectivity index (χ4v) is 1.56. The summed E-state index contributed by atoms with van der Waals surface area (Å²) >= 11 is 7.77. The average molecular weight is 353 g/mol. The summed E-state index contributed by atoms with van der Waals surface area (Å²) in [5.41, 5.74) is 0.260. The SMILES string of the molecule is Fc1cc(F)cc(-c2ncc(I)c(Cl)n2)c1. The lowest BCUT2D eigenvalue weighted by atomic mass is 10.2. The van der Waals surface area contributed by atoms with Crippen LogP contribution in [0.1, 0.15) is 0 Å². The molecule has 1 aromatic carbocycles. The van der Waals surface area contributed by atoms with Gasteiger partial charge in [0.05, 0.1) is 3.57 Å². The van der Waals surface area contributed by atoms with Crippen molar-refractivity contribution in [2.24, 2.45) is 0 Å². The average Bonchev–Trinajstić information content (AvgIpc) is 2.20. The minimum atomic E-state index is -0.673. The molecule has 0 aliphatic carbocycles. The summed E-state index contributed by atoms with van der Waals surface area (Å²) in [7, 11) is 0. The van der Waals surface area contributed by atoms with E-state index in [4.69, 9.17) is 11.6 Å². The van der Waals surface area contributed by atoms with Crippen LogP contribution in [0.5, 0.6) is 0 Å². The number of aromatic nitrogens is 2. The molecule has 2 aromatic rings. The molecule has 0 aliphatic rings. The normalized spacial score (nSPS) is 10.5. The number of nitrogens with zero attached hydrogens (tertiary/aromatic N) is 2. The van der Waals surface area contributed by atoms with Gasteiger partial charge in [-0.3, -0.25) is 0 Å². The van der Waals surface area contributed by atoms with Crippen LogP contribution >= 0.6 is 34.2 Å². The molecule has 2 nitrogen and oxygen atoms in total.